The van der Waals surface area contributed by atoms with Crippen LogP contribution in [0.3, 0.4) is 0 Å². The van der Waals surface area contributed by atoms with E-state index in [1.165, 1.54) is 17.8 Å². The van der Waals surface area contributed by atoms with Crippen LogP contribution in [0.25, 0.3) is 22.2 Å². The molecule has 2 unspecified atom stereocenters. The Morgan fingerprint density at radius 1 is 1.16 bits per heavy atom. The van der Waals surface area contributed by atoms with Crippen LogP contribution in [-0.4, -0.2) is 22.8 Å². The highest BCUT2D eigenvalue weighted by atomic mass is 32.1. The number of benzene rings is 1. The fourth-order valence-corrected chi connectivity index (χ4v) is 4.64. The average Bonchev–Trinajstić information content (AvgIpc) is 3.21. The molecule has 2 heterocycles. The largest absolute Gasteiger partial charge is 0.422 e. The van der Waals surface area contributed by atoms with Gasteiger partial charge in [-0.1, -0.05) is 38.0 Å². The summed E-state index contributed by atoms with van der Waals surface area (Å²) in [6.45, 7) is 2.16. The predicted octanol–water partition coefficient (Wildman–Crippen LogP) is 4.33. The van der Waals surface area contributed by atoms with Crippen molar-refractivity contribution in [1.29, 1.82) is 0 Å². The van der Waals surface area contributed by atoms with E-state index in [2.05, 4.69) is 22.5 Å². The lowest BCUT2D eigenvalue weighted by Gasteiger charge is -2.29. The number of hydrogen-bond acceptors (Lipinski definition) is 6. The Labute approximate surface area is 183 Å². The van der Waals surface area contributed by atoms with E-state index in [-0.39, 0.29) is 30.7 Å². The minimum Gasteiger partial charge on any atom is -0.422 e. The van der Waals surface area contributed by atoms with Crippen molar-refractivity contribution in [3.8, 4) is 11.3 Å². The molecular weight excluding hydrogens is 414 g/mol. The molecule has 0 saturated heterocycles. The molecule has 2 aromatic heterocycles. The van der Waals surface area contributed by atoms with E-state index >= 15 is 0 Å². The van der Waals surface area contributed by atoms with Crippen LogP contribution in [0.2, 0.25) is 0 Å². The van der Waals surface area contributed by atoms with Gasteiger partial charge in [-0.3, -0.25) is 9.59 Å². The van der Waals surface area contributed by atoms with E-state index in [1.54, 1.807) is 23.6 Å². The molecule has 1 fully saturated rings. The fourth-order valence-electron chi connectivity index (χ4n) is 3.91. The molecule has 0 aliphatic heterocycles. The summed E-state index contributed by atoms with van der Waals surface area (Å²) in [7, 11) is 0. The summed E-state index contributed by atoms with van der Waals surface area (Å²) in [6, 6.07) is 9.20. The van der Waals surface area contributed by atoms with E-state index in [4.69, 9.17) is 4.42 Å². The molecule has 162 valence electrons. The van der Waals surface area contributed by atoms with Crippen LogP contribution in [0.4, 0.5) is 5.13 Å². The minimum atomic E-state index is -0.476. The van der Waals surface area contributed by atoms with Crippen LogP contribution in [-0.2, 0) is 9.59 Å². The number of hydrogen-bond donors (Lipinski definition) is 2. The Kier molecular flexibility index (Phi) is 6.46. The molecule has 2 amide bonds. The van der Waals surface area contributed by atoms with E-state index in [0.717, 1.165) is 24.6 Å². The summed E-state index contributed by atoms with van der Waals surface area (Å²) >= 11 is 1.23. The average molecular weight is 440 g/mol. The molecule has 0 radical (unpaired) electrons. The topological polar surface area (TPSA) is 101 Å². The van der Waals surface area contributed by atoms with Gasteiger partial charge in [-0.15, -0.1) is 11.3 Å². The van der Waals surface area contributed by atoms with Gasteiger partial charge >= 0.3 is 5.63 Å². The van der Waals surface area contributed by atoms with Crippen molar-refractivity contribution in [2.45, 2.75) is 51.5 Å². The summed E-state index contributed by atoms with van der Waals surface area (Å²) in [6.07, 6.45) is 4.71. The fraction of sp³-hybridized carbons (Fsp3) is 0.391. The molecule has 3 aromatic rings. The first-order valence-corrected chi connectivity index (χ1v) is 11.5. The van der Waals surface area contributed by atoms with Gasteiger partial charge in [0.05, 0.1) is 11.3 Å². The summed E-state index contributed by atoms with van der Waals surface area (Å²) in [5.41, 5.74) is 0.830. The van der Waals surface area contributed by atoms with E-state index in [0.29, 0.717) is 27.9 Å². The molecule has 7 nitrogen and oxygen atoms in total. The Balaban J connectivity index is 1.33. The molecule has 1 aliphatic rings. The van der Waals surface area contributed by atoms with Crippen molar-refractivity contribution in [3.63, 3.8) is 0 Å². The molecule has 31 heavy (non-hydrogen) atoms. The molecular formula is C23H25N3O4S. The Hall–Kier alpha value is -3.00. The zero-order valence-corrected chi connectivity index (χ0v) is 18.2. The van der Waals surface area contributed by atoms with Gasteiger partial charge in [0.25, 0.3) is 0 Å². The zero-order chi connectivity index (χ0) is 21.8. The Morgan fingerprint density at radius 3 is 2.77 bits per heavy atom. The van der Waals surface area contributed by atoms with Crippen LogP contribution >= 0.6 is 11.3 Å². The number of para-hydroxylation sites is 1. The second-order valence-corrected chi connectivity index (χ2v) is 8.87. The van der Waals surface area contributed by atoms with E-state index in [9.17, 15) is 14.4 Å². The van der Waals surface area contributed by atoms with Crippen molar-refractivity contribution in [2.75, 3.05) is 5.32 Å². The number of rotatable bonds is 6. The predicted molar refractivity (Wildman–Crippen MR) is 121 cm³/mol. The monoisotopic (exact) mass is 439 g/mol. The van der Waals surface area contributed by atoms with E-state index < -0.39 is 5.63 Å². The number of nitrogens with one attached hydrogen (secondary N) is 2. The molecule has 1 aromatic carbocycles. The zero-order valence-electron chi connectivity index (χ0n) is 17.3. The third-order valence-corrected chi connectivity index (χ3v) is 6.46. The van der Waals surface area contributed by atoms with Crippen LogP contribution in [0.5, 0.6) is 0 Å². The first-order valence-electron chi connectivity index (χ1n) is 10.6. The highest BCUT2D eigenvalue weighted by Gasteiger charge is 2.23. The highest BCUT2D eigenvalue weighted by molar-refractivity contribution is 7.14. The van der Waals surface area contributed by atoms with Gasteiger partial charge in [0.1, 0.15) is 5.58 Å². The van der Waals surface area contributed by atoms with Gasteiger partial charge in [0.15, 0.2) is 5.13 Å². The van der Waals surface area contributed by atoms with Crippen LogP contribution in [0.1, 0.15) is 45.4 Å². The SMILES string of the molecule is CC1CCCCC1NC(=O)CCC(=O)Nc1nc(-c2cc3ccccc3oc2=O)cs1. The Bertz CT molecular complexity index is 1150. The maximum atomic E-state index is 12.3. The number of nitrogens with zero attached hydrogens (tertiary/aromatic N) is 1. The standard InChI is InChI=1S/C23H25N3O4S/c1-14-6-2-4-8-17(14)24-20(27)10-11-21(28)26-23-25-18(13-31-23)16-12-15-7-3-5-9-19(15)30-22(16)29/h3,5,7,9,12-14,17H,2,4,6,8,10-11H2,1H3,(H,24,27)(H,25,26,28). The first kappa shape index (κ1) is 21.2. The number of thiazole rings is 1. The summed E-state index contributed by atoms with van der Waals surface area (Å²) in [5, 5.41) is 8.65. The second-order valence-electron chi connectivity index (χ2n) is 8.01. The summed E-state index contributed by atoms with van der Waals surface area (Å²) in [5.74, 6) is 0.105. The van der Waals surface area contributed by atoms with Crippen molar-refractivity contribution in [1.82, 2.24) is 10.3 Å². The first-order chi connectivity index (χ1) is 15.0. The van der Waals surface area contributed by atoms with Gasteiger partial charge in [0.2, 0.25) is 11.8 Å². The molecule has 0 bridgehead atoms. The number of aromatic nitrogens is 1. The lowest BCUT2D eigenvalue weighted by molar-refractivity contribution is -0.125. The lowest BCUT2D eigenvalue weighted by atomic mass is 9.86. The minimum absolute atomic E-state index is 0.0833. The normalized spacial score (nSPS) is 18.6. The van der Waals surface area contributed by atoms with Crippen molar-refractivity contribution >= 4 is 39.3 Å². The van der Waals surface area contributed by atoms with Crippen LogP contribution in [0.15, 0.2) is 44.9 Å². The van der Waals surface area contributed by atoms with Crippen molar-refractivity contribution in [2.24, 2.45) is 5.92 Å². The molecule has 4 rings (SSSR count). The van der Waals surface area contributed by atoms with Gasteiger partial charge in [0, 0.05) is 29.6 Å². The number of carbonyl (C=O) groups excluding carboxylic acids is 2. The van der Waals surface area contributed by atoms with Crippen molar-refractivity contribution < 1.29 is 14.0 Å². The maximum Gasteiger partial charge on any atom is 0.345 e. The molecule has 1 aliphatic carbocycles. The Morgan fingerprint density at radius 2 is 1.94 bits per heavy atom. The number of carbonyl (C=O) groups is 2. The molecule has 1 saturated carbocycles. The quantitative estimate of drug-likeness (QED) is 0.557. The highest BCUT2D eigenvalue weighted by Crippen LogP contribution is 2.26. The maximum absolute atomic E-state index is 12.3. The summed E-state index contributed by atoms with van der Waals surface area (Å²) in [4.78, 5) is 41.1. The van der Waals surface area contributed by atoms with Gasteiger partial charge in [-0.2, -0.15) is 0 Å². The van der Waals surface area contributed by atoms with Crippen molar-refractivity contribution in [3.05, 3.63) is 46.1 Å². The van der Waals surface area contributed by atoms with Gasteiger partial charge in [-0.25, -0.2) is 9.78 Å². The third kappa shape index (κ3) is 5.19. The smallest absolute Gasteiger partial charge is 0.345 e. The lowest BCUT2D eigenvalue weighted by Crippen LogP contribution is -2.41. The van der Waals surface area contributed by atoms with Crippen LogP contribution < -0.4 is 16.3 Å². The van der Waals surface area contributed by atoms with E-state index in [1.807, 2.05) is 12.1 Å². The number of amides is 2. The summed E-state index contributed by atoms with van der Waals surface area (Å²) < 4.78 is 5.35. The number of anilines is 1. The number of fused-ring (bicyclic) bond motifs is 1. The molecule has 8 heteroatoms. The van der Waals surface area contributed by atoms with Gasteiger partial charge in [-0.05, 0) is 30.9 Å². The molecule has 2 atom stereocenters. The van der Waals surface area contributed by atoms with Gasteiger partial charge < -0.3 is 15.1 Å². The third-order valence-electron chi connectivity index (χ3n) is 5.70. The van der Waals surface area contributed by atoms with Crippen LogP contribution in [0, 0.1) is 5.92 Å². The second kappa shape index (κ2) is 9.43. The molecule has 0 spiro atoms. The molecule has 2 N–H and O–H groups in total.